The Kier molecular flexibility index (Phi) is 5.23. The summed E-state index contributed by atoms with van der Waals surface area (Å²) in [6, 6.07) is 2.97. The minimum absolute atomic E-state index is 0.105. The van der Waals surface area contributed by atoms with E-state index in [1.54, 1.807) is 0 Å². The van der Waals surface area contributed by atoms with Gasteiger partial charge in [-0.15, -0.1) is 0 Å². The van der Waals surface area contributed by atoms with Gasteiger partial charge < -0.3 is 4.90 Å². The van der Waals surface area contributed by atoms with Crippen molar-refractivity contribution in [3.05, 3.63) is 29.8 Å². The van der Waals surface area contributed by atoms with E-state index in [1.807, 2.05) is 27.9 Å². The van der Waals surface area contributed by atoms with E-state index >= 15 is 0 Å². The fourth-order valence-corrected chi connectivity index (χ4v) is 3.50. The van der Waals surface area contributed by atoms with Gasteiger partial charge in [0.1, 0.15) is 11.6 Å². The van der Waals surface area contributed by atoms with Crippen molar-refractivity contribution in [3.8, 4) is 0 Å². The van der Waals surface area contributed by atoms with Crippen molar-refractivity contribution in [1.29, 1.82) is 0 Å². The summed E-state index contributed by atoms with van der Waals surface area (Å²) in [5.74, 6) is -2.18. The summed E-state index contributed by atoms with van der Waals surface area (Å²) >= 11 is 0. The monoisotopic (exact) mass is 307 g/mol. The van der Waals surface area contributed by atoms with E-state index < -0.39 is 26.6 Å². The van der Waals surface area contributed by atoms with Crippen LogP contribution in [0.5, 0.6) is 0 Å². The van der Waals surface area contributed by atoms with Crippen LogP contribution in [0.4, 0.5) is 8.78 Å². The molecule has 7 heteroatoms. The molecule has 0 aliphatic carbocycles. The van der Waals surface area contributed by atoms with Crippen molar-refractivity contribution in [2.24, 2.45) is 5.41 Å². The van der Waals surface area contributed by atoms with E-state index in [0.29, 0.717) is 0 Å². The lowest BCUT2D eigenvalue weighted by atomic mass is 9.93. The first kappa shape index (κ1) is 17.0. The zero-order valence-corrected chi connectivity index (χ0v) is 12.9. The summed E-state index contributed by atoms with van der Waals surface area (Å²) in [6.45, 7) is 4.60. The molecule has 0 saturated carbocycles. The third-order valence-corrected chi connectivity index (χ3v) is 4.21. The molecule has 0 bridgehead atoms. The lowest BCUT2D eigenvalue weighted by Crippen LogP contribution is -3.07. The quantitative estimate of drug-likeness (QED) is 0.800. The average molecular weight is 307 g/mol. The SMILES string of the molecule is C[NH+](C)CC(C)(C)CNS(=O)(=O)c1c(F)cccc1F. The highest BCUT2D eigenvalue weighted by Gasteiger charge is 2.28. The molecule has 0 aromatic heterocycles. The van der Waals surface area contributed by atoms with Gasteiger partial charge >= 0.3 is 0 Å². The smallest absolute Gasteiger partial charge is 0.246 e. The maximum absolute atomic E-state index is 13.5. The molecule has 0 radical (unpaired) electrons. The number of nitrogens with one attached hydrogen (secondary N) is 2. The van der Waals surface area contributed by atoms with Crippen LogP contribution >= 0.6 is 0 Å². The molecule has 0 fully saturated rings. The van der Waals surface area contributed by atoms with Crippen molar-refractivity contribution in [3.63, 3.8) is 0 Å². The molecular weight excluding hydrogens is 286 g/mol. The Labute approximate surface area is 118 Å². The van der Waals surface area contributed by atoms with Crippen LogP contribution in [0.3, 0.4) is 0 Å². The third kappa shape index (κ3) is 4.50. The zero-order chi connectivity index (χ0) is 15.6. The van der Waals surface area contributed by atoms with Crippen LogP contribution in [0, 0.1) is 17.0 Å². The highest BCUT2D eigenvalue weighted by atomic mass is 32.2. The summed E-state index contributed by atoms with van der Waals surface area (Å²) in [6.07, 6.45) is 0. The Morgan fingerprint density at radius 2 is 1.70 bits per heavy atom. The van der Waals surface area contributed by atoms with Crippen LogP contribution in [-0.2, 0) is 10.0 Å². The molecule has 1 aromatic carbocycles. The maximum Gasteiger partial charge on any atom is 0.246 e. The summed E-state index contributed by atoms with van der Waals surface area (Å²) in [4.78, 5) is 0.235. The molecular formula is C13H21F2N2O2S+. The van der Waals surface area contributed by atoms with Gasteiger partial charge in [-0.3, -0.25) is 0 Å². The Bertz CT molecular complexity index is 551. The molecule has 0 saturated heterocycles. The highest BCUT2D eigenvalue weighted by molar-refractivity contribution is 7.89. The Morgan fingerprint density at radius 3 is 2.15 bits per heavy atom. The molecule has 0 spiro atoms. The van der Waals surface area contributed by atoms with Crippen LogP contribution in [-0.4, -0.2) is 35.6 Å². The van der Waals surface area contributed by atoms with E-state index in [0.717, 1.165) is 29.6 Å². The largest absolute Gasteiger partial charge is 0.339 e. The second-order valence-electron chi connectivity index (χ2n) is 5.92. The first-order valence-corrected chi connectivity index (χ1v) is 7.76. The number of rotatable bonds is 6. The van der Waals surface area contributed by atoms with Gasteiger partial charge in [-0.05, 0) is 12.1 Å². The minimum atomic E-state index is -4.20. The molecule has 0 heterocycles. The molecule has 0 aliphatic rings. The van der Waals surface area contributed by atoms with Crippen LogP contribution in [0.25, 0.3) is 0 Å². The Morgan fingerprint density at radius 1 is 1.20 bits per heavy atom. The number of hydrogen-bond acceptors (Lipinski definition) is 2. The molecule has 0 unspecified atom stereocenters. The van der Waals surface area contributed by atoms with Gasteiger partial charge in [0.15, 0.2) is 4.90 Å². The Balaban J connectivity index is 2.92. The van der Waals surface area contributed by atoms with Crippen molar-refractivity contribution in [2.45, 2.75) is 18.7 Å². The van der Waals surface area contributed by atoms with Gasteiger partial charge in [-0.1, -0.05) is 19.9 Å². The second-order valence-corrected chi connectivity index (χ2v) is 7.63. The van der Waals surface area contributed by atoms with Gasteiger partial charge in [-0.25, -0.2) is 21.9 Å². The first-order chi connectivity index (χ1) is 9.05. The van der Waals surface area contributed by atoms with E-state index in [9.17, 15) is 17.2 Å². The predicted octanol–water partition coefficient (Wildman–Crippen LogP) is 0.414. The molecule has 20 heavy (non-hydrogen) atoms. The normalized spacial score (nSPS) is 12.9. The van der Waals surface area contributed by atoms with E-state index in [2.05, 4.69) is 4.72 Å². The standard InChI is InChI=1S/C13H20F2N2O2S/c1-13(2,9-17(3)4)8-16-20(18,19)12-10(14)6-5-7-11(12)15/h5-7,16H,8-9H2,1-4H3/p+1. The third-order valence-electron chi connectivity index (χ3n) is 2.76. The topological polar surface area (TPSA) is 50.6 Å². The van der Waals surface area contributed by atoms with Gasteiger partial charge in [0.2, 0.25) is 10.0 Å². The van der Waals surface area contributed by atoms with Gasteiger partial charge in [0.25, 0.3) is 0 Å². The predicted molar refractivity (Wildman–Crippen MR) is 73.0 cm³/mol. The number of halogens is 2. The average Bonchev–Trinajstić information content (AvgIpc) is 2.24. The van der Waals surface area contributed by atoms with Crippen molar-refractivity contribution >= 4 is 10.0 Å². The zero-order valence-electron chi connectivity index (χ0n) is 12.1. The lowest BCUT2D eigenvalue weighted by Gasteiger charge is -2.26. The summed E-state index contributed by atoms with van der Waals surface area (Å²) in [7, 11) is -0.298. The van der Waals surface area contributed by atoms with Gasteiger partial charge in [-0.2, -0.15) is 0 Å². The summed E-state index contributed by atoms with van der Waals surface area (Å²) in [5, 5.41) is 0. The van der Waals surface area contributed by atoms with Crippen LogP contribution in [0.1, 0.15) is 13.8 Å². The second kappa shape index (κ2) is 6.15. The number of quaternary nitrogens is 1. The van der Waals surface area contributed by atoms with E-state index in [4.69, 9.17) is 0 Å². The van der Waals surface area contributed by atoms with Crippen molar-refractivity contribution < 1.29 is 22.1 Å². The van der Waals surface area contributed by atoms with Crippen LogP contribution < -0.4 is 9.62 Å². The van der Waals surface area contributed by atoms with E-state index in [-0.39, 0.29) is 12.0 Å². The molecule has 4 nitrogen and oxygen atoms in total. The fraction of sp³-hybridized carbons (Fsp3) is 0.538. The minimum Gasteiger partial charge on any atom is -0.339 e. The molecule has 0 amide bonds. The van der Waals surface area contributed by atoms with Crippen molar-refractivity contribution in [2.75, 3.05) is 27.2 Å². The fourth-order valence-electron chi connectivity index (χ4n) is 2.12. The van der Waals surface area contributed by atoms with Crippen LogP contribution in [0.15, 0.2) is 23.1 Å². The lowest BCUT2D eigenvalue weighted by molar-refractivity contribution is -0.865. The Hall–Kier alpha value is -1.05. The molecule has 1 rings (SSSR count). The maximum atomic E-state index is 13.5. The number of sulfonamides is 1. The number of hydrogen-bond donors (Lipinski definition) is 2. The van der Waals surface area contributed by atoms with Crippen molar-refractivity contribution in [1.82, 2.24) is 4.72 Å². The van der Waals surface area contributed by atoms with Gasteiger partial charge in [0.05, 0.1) is 20.6 Å². The molecule has 2 N–H and O–H groups in total. The first-order valence-electron chi connectivity index (χ1n) is 6.28. The summed E-state index contributed by atoms with van der Waals surface area (Å²) in [5.41, 5.74) is -0.326. The molecule has 114 valence electrons. The number of benzene rings is 1. The molecule has 1 aromatic rings. The van der Waals surface area contributed by atoms with Crippen LogP contribution in [0.2, 0.25) is 0 Å². The highest BCUT2D eigenvalue weighted by Crippen LogP contribution is 2.19. The molecule has 0 atom stereocenters. The van der Waals surface area contributed by atoms with Gasteiger partial charge in [0, 0.05) is 12.0 Å². The van der Waals surface area contributed by atoms with E-state index in [1.165, 1.54) is 0 Å². The summed E-state index contributed by atoms with van der Waals surface area (Å²) < 4.78 is 53.3. The molecule has 0 aliphatic heterocycles.